The predicted molar refractivity (Wildman–Crippen MR) is 66.6 cm³/mol. The number of aromatic nitrogens is 2. The predicted octanol–water partition coefficient (Wildman–Crippen LogP) is 2.27. The number of aromatic amines is 1. The third-order valence-electron chi connectivity index (χ3n) is 2.65. The number of H-pyrrole nitrogens is 1. The molecule has 5 nitrogen and oxygen atoms in total. The molecule has 2 rings (SSSR count). The Labute approximate surface area is 105 Å². The van der Waals surface area contributed by atoms with E-state index in [1.165, 1.54) is 0 Å². The van der Waals surface area contributed by atoms with Crippen molar-refractivity contribution in [3.63, 3.8) is 0 Å². The van der Waals surface area contributed by atoms with Crippen LogP contribution in [0.2, 0.25) is 0 Å². The molecule has 1 N–H and O–H groups in total. The fraction of sp³-hybridized carbons (Fsp3) is 0.231. The van der Waals surface area contributed by atoms with Gasteiger partial charge in [0.2, 0.25) is 5.82 Å². The van der Waals surface area contributed by atoms with Gasteiger partial charge in [-0.1, -0.05) is 0 Å². The quantitative estimate of drug-likeness (QED) is 0.897. The van der Waals surface area contributed by atoms with Crippen molar-refractivity contribution >= 4 is 0 Å². The maximum Gasteiger partial charge on any atom is 0.210 e. The van der Waals surface area contributed by atoms with Gasteiger partial charge in [-0.25, -0.2) is 4.98 Å². The van der Waals surface area contributed by atoms with Gasteiger partial charge in [0.15, 0.2) is 0 Å². The zero-order chi connectivity index (χ0) is 13.1. The summed E-state index contributed by atoms with van der Waals surface area (Å²) < 4.78 is 10.5. The first kappa shape index (κ1) is 12.0. The monoisotopic (exact) mass is 243 g/mol. The van der Waals surface area contributed by atoms with Crippen LogP contribution in [0.1, 0.15) is 11.5 Å². The second kappa shape index (κ2) is 4.80. The van der Waals surface area contributed by atoms with Crippen LogP contribution in [0.5, 0.6) is 11.5 Å². The molecule has 0 unspecified atom stereocenters. The second-order valence-electron chi connectivity index (χ2n) is 3.74. The Hall–Kier alpha value is -2.48. The van der Waals surface area contributed by atoms with E-state index in [9.17, 15) is 0 Å². The standard InChI is InChI=1S/C13H13N3O2/c1-8-13(16-12(7-14)15-8)10-5-4-9(17-2)6-11(10)18-3/h4-6H,1-3H3,(H,15,16). The minimum atomic E-state index is 0.292. The number of ether oxygens (including phenoxy) is 2. The molecule has 92 valence electrons. The Morgan fingerprint density at radius 1 is 1.28 bits per heavy atom. The van der Waals surface area contributed by atoms with E-state index < -0.39 is 0 Å². The van der Waals surface area contributed by atoms with Gasteiger partial charge in [0.1, 0.15) is 17.6 Å². The van der Waals surface area contributed by atoms with E-state index in [0.29, 0.717) is 23.0 Å². The van der Waals surface area contributed by atoms with Crippen LogP contribution in [0.25, 0.3) is 11.3 Å². The number of nitrogens with zero attached hydrogens (tertiary/aromatic N) is 2. The number of nitrogens with one attached hydrogen (secondary N) is 1. The van der Waals surface area contributed by atoms with E-state index in [-0.39, 0.29) is 0 Å². The van der Waals surface area contributed by atoms with E-state index in [1.54, 1.807) is 20.3 Å². The van der Waals surface area contributed by atoms with Crippen molar-refractivity contribution in [3.05, 3.63) is 29.7 Å². The third kappa shape index (κ3) is 2.00. The van der Waals surface area contributed by atoms with Crippen molar-refractivity contribution in [1.29, 1.82) is 5.26 Å². The highest BCUT2D eigenvalue weighted by molar-refractivity contribution is 5.70. The molecule has 1 heterocycles. The zero-order valence-corrected chi connectivity index (χ0v) is 10.4. The van der Waals surface area contributed by atoms with Crippen LogP contribution in [0.3, 0.4) is 0 Å². The summed E-state index contributed by atoms with van der Waals surface area (Å²) in [6.45, 7) is 1.87. The van der Waals surface area contributed by atoms with Crippen LogP contribution in [-0.4, -0.2) is 24.2 Å². The highest BCUT2D eigenvalue weighted by atomic mass is 16.5. The maximum absolute atomic E-state index is 8.84. The number of aryl methyl sites for hydroxylation is 1. The van der Waals surface area contributed by atoms with Crippen LogP contribution in [-0.2, 0) is 0 Å². The van der Waals surface area contributed by atoms with E-state index in [1.807, 2.05) is 25.1 Å². The molecule has 5 heteroatoms. The molecule has 0 saturated heterocycles. The van der Waals surface area contributed by atoms with E-state index >= 15 is 0 Å². The first-order valence-corrected chi connectivity index (χ1v) is 5.38. The maximum atomic E-state index is 8.84. The highest BCUT2D eigenvalue weighted by Crippen LogP contribution is 2.33. The van der Waals surface area contributed by atoms with Crippen molar-refractivity contribution in [2.24, 2.45) is 0 Å². The fourth-order valence-corrected chi connectivity index (χ4v) is 1.77. The lowest BCUT2D eigenvalue weighted by atomic mass is 10.1. The first-order valence-electron chi connectivity index (χ1n) is 5.38. The molecular weight excluding hydrogens is 230 g/mol. The van der Waals surface area contributed by atoms with Gasteiger partial charge in [-0.3, -0.25) is 0 Å². The van der Waals surface area contributed by atoms with Gasteiger partial charge < -0.3 is 14.5 Å². The lowest BCUT2D eigenvalue weighted by Gasteiger charge is -2.09. The van der Waals surface area contributed by atoms with Crippen LogP contribution in [0.15, 0.2) is 18.2 Å². The Kier molecular flexibility index (Phi) is 3.20. The Morgan fingerprint density at radius 2 is 2.06 bits per heavy atom. The molecule has 18 heavy (non-hydrogen) atoms. The molecule has 1 aromatic heterocycles. The normalized spacial score (nSPS) is 9.89. The van der Waals surface area contributed by atoms with Gasteiger partial charge in [0.25, 0.3) is 0 Å². The van der Waals surface area contributed by atoms with Gasteiger partial charge in [0, 0.05) is 17.3 Å². The van der Waals surface area contributed by atoms with Gasteiger partial charge in [-0.15, -0.1) is 0 Å². The number of imidazole rings is 1. The number of methoxy groups -OCH3 is 2. The van der Waals surface area contributed by atoms with E-state index in [4.69, 9.17) is 14.7 Å². The molecule has 0 radical (unpaired) electrons. The zero-order valence-electron chi connectivity index (χ0n) is 10.4. The number of benzene rings is 1. The Bertz CT molecular complexity index is 611. The summed E-state index contributed by atoms with van der Waals surface area (Å²) in [4.78, 5) is 7.14. The summed E-state index contributed by atoms with van der Waals surface area (Å²) in [5.41, 5.74) is 2.37. The largest absolute Gasteiger partial charge is 0.497 e. The molecule has 0 amide bonds. The highest BCUT2D eigenvalue weighted by Gasteiger charge is 2.14. The van der Waals surface area contributed by atoms with Crippen LogP contribution >= 0.6 is 0 Å². The molecule has 0 bridgehead atoms. The van der Waals surface area contributed by atoms with Crippen LogP contribution < -0.4 is 9.47 Å². The lowest BCUT2D eigenvalue weighted by Crippen LogP contribution is -1.91. The van der Waals surface area contributed by atoms with Gasteiger partial charge in [-0.05, 0) is 19.1 Å². The van der Waals surface area contributed by atoms with Crippen molar-refractivity contribution in [3.8, 4) is 28.8 Å². The molecule has 0 saturated carbocycles. The summed E-state index contributed by atoms with van der Waals surface area (Å²) >= 11 is 0. The minimum absolute atomic E-state index is 0.292. The molecule has 0 atom stereocenters. The van der Waals surface area contributed by atoms with Crippen molar-refractivity contribution in [2.45, 2.75) is 6.92 Å². The average molecular weight is 243 g/mol. The Morgan fingerprint density at radius 3 is 2.61 bits per heavy atom. The number of rotatable bonds is 3. The molecule has 0 aliphatic carbocycles. The Balaban J connectivity index is 2.56. The SMILES string of the molecule is COc1ccc(-c2nc(C#N)[nH]c2C)c(OC)c1. The minimum Gasteiger partial charge on any atom is -0.497 e. The molecule has 0 aliphatic rings. The van der Waals surface area contributed by atoms with Crippen LogP contribution in [0, 0.1) is 18.3 Å². The number of hydrogen-bond acceptors (Lipinski definition) is 4. The molecule has 1 aromatic carbocycles. The van der Waals surface area contributed by atoms with Gasteiger partial charge in [0.05, 0.1) is 19.9 Å². The molecule has 0 spiro atoms. The molecule has 2 aromatic rings. The van der Waals surface area contributed by atoms with E-state index in [2.05, 4.69) is 9.97 Å². The number of nitriles is 1. The topological polar surface area (TPSA) is 70.9 Å². The molecule has 0 aliphatic heterocycles. The third-order valence-corrected chi connectivity index (χ3v) is 2.65. The summed E-state index contributed by atoms with van der Waals surface area (Å²) in [5.74, 6) is 1.66. The van der Waals surface area contributed by atoms with Crippen molar-refractivity contribution < 1.29 is 9.47 Å². The molecular formula is C13H13N3O2. The van der Waals surface area contributed by atoms with Gasteiger partial charge >= 0.3 is 0 Å². The summed E-state index contributed by atoms with van der Waals surface area (Å²) in [6, 6.07) is 7.47. The first-order chi connectivity index (χ1) is 8.69. The van der Waals surface area contributed by atoms with Crippen molar-refractivity contribution in [1.82, 2.24) is 9.97 Å². The van der Waals surface area contributed by atoms with E-state index in [0.717, 1.165) is 11.3 Å². The van der Waals surface area contributed by atoms with Crippen molar-refractivity contribution in [2.75, 3.05) is 14.2 Å². The van der Waals surface area contributed by atoms with Crippen LogP contribution in [0.4, 0.5) is 0 Å². The smallest absolute Gasteiger partial charge is 0.210 e. The fourth-order valence-electron chi connectivity index (χ4n) is 1.77. The number of hydrogen-bond donors (Lipinski definition) is 1. The lowest BCUT2D eigenvalue weighted by molar-refractivity contribution is 0.395. The summed E-state index contributed by atoms with van der Waals surface area (Å²) in [7, 11) is 3.19. The average Bonchev–Trinajstić information content (AvgIpc) is 2.79. The summed E-state index contributed by atoms with van der Waals surface area (Å²) in [5, 5.41) is 8.84. The molecule has 0 fully saturated rings. The summed E-state index contributed by atoms with van der Waals surface area (Å²) in [6.07, 6.45) is 0. The second-order valence-corrected chi connectivity index (χ2v) is 3.74. The van der Waals surface area contributed by atoms with Gasteiger partial charge in [-0.2, -0.15) is 5.26 Å².